The highest BCUT2D eigenvalue weighted by Gasteiger charge is 2.13. The van der Waals surface area contributed by atoms with E-state index < -0.39 is 0 Å². The molecule has 0 heterocycles. The van der Waals surface area contributed by atoms with E-state index in [0.29, 0.717) is 12.4 Å². The van der Waals surface area contributed by atoms with Crippen LogP contribution in [-0.4, -0.2) is 31.8 Å². The highest BCUT2D eigenvalue weighted by Crippen LogP contribution is 2.18. The van der Waals surface area contributed by atoms with E-state index in [4.69, 9.17) is 15.4 Å². The van der Waals surface area contributed by atoms with Gasteiger partial charge in [0, 0.05) is 23.9 Å². The van der Waals surface area contributed by atoms with E-state index in [-0.39, 0.29) is 12.0 Å². The van der Waals surface area contributed by atoms with Gasteiger partial charge in [-0.2, -0.15) is 0 Å². The van der Waals surface area contributed by atoms with Crippen LogP contribution in [0.3, 0.4) is 0 Å². The fourth-order valence-electron chi connectivity index (χ4n) is 1.62. The van der Waals surface area contributed by atoms with E-state index in [9.17, 15) is 0 Å². The fourth-order valence-corrected chi connectivity index (χ4v) is 1.62. The Labute approximate surface area is 127 Å². The minimum absolute atomic E-state index is 0.0385. The second kappa shape index (κ2) is 10.8. The molecule has 0 rings (SSSR count). The van der Waals surface area contributed by atoms with Gasteiger partial charge in [-0.05, 0) is 46.1 Å². The van der Waals surface area contributed by atoms with Gasteiger partial charge < -0.3 is 15.4 Å². The maximum absolute atomic E-state index is 6.13. The third-order valence-electron chi connectivity index (χ3n) is 2.71. The van der Waals surface area contributed by atoms with Crippen molar-refractivity contribution in [2.24, 2.45) is 27.0 Å². The first-order valence-electron chi connectivity index (χ1n) is 6.89. The number of oxime groups is 2. The summed E-state index contributed by atoms with van der Waals surface area (Å²) in [6.07, 6.45) is 5.02. The molecular formula is C15H26N4O2. The van der Waals surface area contributed by atoms with Gasteiger partial charge >= 0.3 is 0 Å². The van der Waals surface area contributed by atoms with Crippen LogP contribution in [0.4, 0.5) is 0 Å². The van der Waals surface area contributed by atoms with Crippen LogP contribution in [0.2, 0.25) is 0 Å². The zero-order valence-corrected chi connectivity index (χ0v) is 13.5. The van der Waals surface area contributed by atoms with Crippen molar-refractivity contribution < 1.29 is 9.68 Å². The van der Waals surface area contributed by atoms with Crippen LogP contribution in [0.25, 0.3) is 0 Å². The first-order valence-corrected chi connectivity index (χ1v) is 6.89. The van der Waals surface area contributed by atoms with Gasteiger partial charge in [0.2, 0.25) is 0 Å². The lowest BCUT2D eigenvalue weighted by Gasteiger charge is -2.15. The van der Waals surface area contributed by atoms with Crippen LogP contribution in [0, 0.1) is 5.92 Å². The number of rotatable bonds is 9. The molecule has 0 radical (unpaired) electrons. The molecule has 0 amide bonds. The van der Waals surface area contributed by atoms with E-state index in [2.05, 4.69) is 22.0 Å². The van der Waals surface area contributed by atoms with Crippen LogP contribution in [-0.2, 0) is 9.68 Å². The lowest BCUT2D eigenvalue weighted by atomic mass is 9.99. The maximum atomic E-state index is 6.13. The summed E-state index contributed by atoms with van der Waals surface area (Å²) in [5.74, 6) is 0.586. The van der Waals surface area contributed by atoms with Crippen molar-refractivity contribution in [1.82, 2.24) is 0 Å². The maximum Gasteiger partial charge on any atom is 0.129 e. The minimum Gasteiger partial charge on any atom is -0.396 e. The summed E-state index contributed by atoms with van der Waals surface area (Å²) in [6.45, 7) is 13.4. The third-order valence-corrected chi connectivity index (χ3v) is 2.71. The Morgan fingerprint density at radius 3 is 2.52 bits per heavy atom. The first kappa shape index (κ1) is 19.1. The Hall–Kier alpha value is -1.95. The van der Waals surface area contributed by atoms with E-state index in [1.807, 2.05) is 20.8 Å². The number of nitrogens with two attached hydrogens (primary N) is 1. The summed E-state index contributed by atoms with van der Waals surface area (Å²) in [7, 11) is 0. The van der Waals surface area contributed by atoms with Gasteiger partial charge in [0.25, 0.3) is 0 Å². The van der Waals surface area contributed by atoms with Crippen molar-refractivity contribution in [3.63, 3.8) is 0 Å². The van der Waals surface area contributed by atoms with Gasteiger partial charge in [0.15, 0.2) is 0 Å². The summed E-state index contributed by atoms with van der Waals surface area (Å²) < 4.78 is 0. The number of nitrogens with zero attached hydrogens (tertiary/aromatic N) is 3. The monoisotopic (exact) mass is 294 g/mol. The summed E-state index contributed by atoms with van der Waals surface area (Å²) in [5.41, 5.74) is 7.79. The number of hydrogen-bond acceptors (Lipinski definition) is 6. The second-order valence-electron chi connectivity index (χ2n) is 4.45. The largest absolute Gasteiger partial charge is 0.396 e. The molecule has 6 heteroatoms. The fraction of sp³-hybridized carbons (Fsp3) is 0.533. The van der Waals surface area contributed by atoms with Crippen molar-refractivity contribution in [2.45, 2.75) is 40.7 Å². The molecular weight excluding hydrogens is 268 g/mol. The summed E-state index contributed by atoms with van der Waals surface area (Å²) in [5, 5.41) is 7.55. The zero-order chi connectivity index (χ0) is 16.3. The van der Waals surface area contributed by atoms with Crippen molar-refractivity contribution in [3.05, 3.63) is 23.1 Å². The van der Waals surface area contributed by atoms with Gasteiger partial charge in [-0.25, -0.2) is 0 Å². The molecule has 118 valence electrons. The van der Waals surface area contributed by atoms with Gasteiger partial charge in [-0.15, -0.1) is 0 Å². The molecule has 6 nitrogen and oxygen atoms in total. The van der Waals surface area contributed by atoms with Crippen LogP contribution in [0.5, 0.6) is 0 Å². The molecule has 0 bridgehead atoms. The average Bonchev–Trinajstić information content (AvgIpc) is 2.45. The quantitative estimate of drug-likeness (QED) is 0.403. The predicted octanol–water partition coefficient (Wildman–Crippen LogP) is 2.87. The smallest absolute Gasteiger partial charge is 0.129 e. The molecule has 0 saturated carbocycles. The first-order chi connectivity index (χ1) is 9.97. The van der Waals surface area contributed by atoms with Crippen LogP contribution < -0.4 is 5.73 Å². The molecule has 2 N–H and O–H groups in total. The minimum atomic E-state index is -0.333. The Bertz CT molecular complexity index is 439. The summed E-state index contributed by atoms with van der Waals surface area (Å²) in [4.78, 5) is 14.1. The highest BCUT2D eigenvalue weighted by molar-refractivity contribution is 5.65. The Morgan fingerprint density at radius 1 is 1.33 bits per heavy atom. The predicted molar refractivity (Wildman–Crippen MR) is 88.5 cm³/mol. The molecule has 0 aliphatic rings. The van der Waals surface area contributed by atoms with E-state index in [1.54, 1.807) is 32.4 Å². The topological polar surface area (TPSA) is 81.6 Å². The molecule has 2 unspecified atom stereocenters. The number of hydrogen-bond donors (Lipinski definition) is 1. The molecule has 0 aromatic carbocycles. The molecule has 0 aromatic heterocycles. The highest BCUT2D eigenvalue weighted by atomic mass is 16.6. The number of allylic oxidation sites excluding steroid dienone is 2. The Morgan fingerprint density at radius 2 is 2.00 bits per heavy atom. The summed E-state index contributed by atoms with van der Waals surface area (Å²) in [6, 6.07) is -0.333. The van der Waals surface area contributed by atoms with Crippen LogP contribution in [0.15, 0.2) is 38.4 Å². The average molecular weight is 294 g/mol. The van der Waals surface area contributed by atoms with Gasteiger partial charge in [-0.3, -0.25) is 4.99 Å². The van der Waals surface area contributed by atoms with Gasteiger partial charge in [-0.1, -0.05) is 17.2 Å². The Kier molecular flexibility index (Phi) is 9.79. The lowest BCUT2D eigenvalue weighted by Crippen LogP contribution is -2.22. The molecule has 0 aromatic rings. The molecule has 0 aliphatic carbocycles. The summed E-state index contributed by atoms with van der Waals surface area (Å²) >= 11 is 0. The van der Waals surface area contributed by atoms with E-state index in [0.717, 1.165) is 11.3 Å². The molecule has 21 heavy (non-hydrogen) atoms. The van der Waals surface area contributed by atoms with Crippen LogP contribution >= 0.6 is 0 Å². The standard InChI is InChI=1S/C15H26N4O2/c1-7-18-21-12(4)9-14(16)13(5)15(17-6)11(3)10-19-20-8-2/h7,9-11,14H,6,8,16H2,1-5H3/b12-9+,15-13-,18-7+,19-10-. The zero-order valence-electron chi connectivity index (χ0n) is 13.5. The van der Waals surface area contributed by atoms with Crippen molar-refractivity contribution >= 4 is 19.1 Å². The van der Waals surface area contributed by atoms with Crippen molar-refractivity contribution in [1.29, 1.82) is 0 Å². The van der Waals surface area contributed by atoms with E-state index in [1.165, 1.54) is 0 Å². The van der Waals surface area contributed by atoms with Crippen molar-refractivity contribution in [2.75, 3.05) is 6.61 Å². The molecule has 0 saturated heterocycles. The van der Waals surface area contributed by atoms with Gasteiger partial charge in [0.1, 0.15) is 12.4 Å². The Balaban J connectivity index is 5.08. The molecule has 0 fully saturated rings. The van der Waals surface area contributed by atoms with Crippen LogP contribution in [0.1, 0.15) is 34.6 Å². The molecule has 2 atom stereocenters. The van der Waals surface area contributed by atoms with E-state index >= 15 is 0 Å². The third kappa shape index (κ3) is 7.41. The SMILES string of the molecule is C=N/C(=C(/C)C(N)/C=C(\C)O/N=C/C)C(C)/C=N\OCC. The van der Waals surface area contributed by atoms with Crippen molar-refractivity contribution in [3.8, 4) is 0 Å². The second-order valence-corrected chi connectivity index (χ2v) is 4.45. The number of aliphatic imine (C=N–C) groups is 1. The normalized spacial score (nSPS) is 16.8. The lowest BCUT2D eigenvalue weighted by molar-refractivity contribution is 0.159. The molecule has 0 spiro atoms. The molecule has 0 aliphatic heterocycles. The van der Waals surface area contributed by atoms with Gasteiger partial charge in [0.05, 0.1) is 6.21 Å².